The fraction of sp³-hybridized carbons (Fsp3) is 0.200. The van der Waals surface area contributed by atoms with Crippen LogP contribution in [-0.4, -0.2) is 14.2 Å². The van der Waals surface area contributed by atoms with Gasteiger partial charge < -0.3 is 15.2 Å². The van der Waals surface area contributed by atoms with Gasteiger partial charge in [-0.1, -0.05) is 6.07 Å². The smallest absolute Gasteiger partial charge is 0.133 e. The van der Waals surface area contributed by atoms with Crippen LogP contribution < -0.4 is 15.2 Å². The molecule has 0 fully saturated rings. The van der Waals surface area contributed by atoms with Gasteiger partial charge in [-0.25, -0.2) is 8.78 Å². The largest absolute Gasteiger partial charge is 0.496 e. The first-order valence-electron chi connectivity index (χ1n) is 6.10. The minimum atomic E-state index is -1.01. The van der Waals surface area contributed by atoms with Gasteiger partial charge in [0.2, 0.25) is 0 Å². The lowest BCUT2D eigenvalue weighted by atomic mass is 9.97. The van der Waals surface area contributed by atoms with Crippen molar-refractivity contribution in [2.75, 3.05) is 14.2 Å². The molecule has 1 unspecified atom stereocenters. The molecule has 0 aliphatic carbocycles. The molecule has 0 aromatic heterocycles. The standard InChI is InChI=1S/C15H14BrF2NO2/c1-20-12-7-9(16)13(21-2)6-8(12)15(19)14-10(17)4-3-5-11(14)18/h3-7,15H,19H2,1-2H3. The quantitative estimate of drug-likeness (QED) is 0.905. The second kappa shape index (κ2) is 6.41. The van der Waals surface area contributed by atoms with E-state index in [4.69, 9.17) is 15.2 Å². The van der Waals surface area contributed by atoms with Gasteiger partial charge in [-0.3, -0.25) is 0 Å². The Morgan fingerprint density at radius 1 is 1.05 bits per heavy atom. The Balaban J connectivity index is 2.59. The first kappa shape index (κ1) is 15.7. The van der Waals surface area contributed by atoms with Gasteiger partial charge >= 0.3 is 0 Å². The lowest BCUT2D eigenvalue weighted by Gasteiger charge is -2.19. The van der Waals surface area contributed by atoms with Crippen molar-refractivity contribution in [3.8, 4) is 11.5 Å². The molecule has 0 saturated heterocycles. The predicted molar refractivity (Wildman–Crippen MR) is 79.6 cm³/mol. The van der Waals surface area contributed by atoms with Crippen molar-refractivity contribution in [2.24, 2.45) is 5.73 Å². The number of halogens is 3. The van der Waals surface area contributed by atoms with Gasteiger partial charge in [0.15, 0.2) is 0 Å². The molecule has 0 bridgehead atoms. The van der Waals surface area contributed by atoms with Crippen LogP contribution in [0, 0.1) is 11.6 Å². The van der Waals surface area contributed by atoms with Crippen LogP contribution in [0.4, 0.5) is 8.78 Å². The molecule has 0 amide bonds. The summed E-state index contributed by atoms with van der Waals surface area (Å²) >= 11 is 3.32. The molecule has 0 spiro atoms. The summed E-state index contributed by atoms with van der Waals surface area (Å²) in [6.07, 6.45) is 0. The van der Waals surface area contributed by atoms with E-state index in [0.717, 1.165) is 0 Å². The Hall–Kier alpha value is -1.66. The van der Waals surface area contributed by atoms with Crippen LogP contribution in [-0.2, 0) is 0 Å². The number of ether oxygens (including phenoxy) is 2. The van der Waals surface area contributed by atoms with Crippen LogP contribution in [0.1, 0.15) is 17.2 Å². The summed E-state index contributed by atoms with van der Waals surface area (Å²) in [5, 5.41) is 0. The molecular formula is C15H14BrF2NO2. The van der Waals surface area contributed by atoms with E-state index in [1.165, 1.54) is 32.4 Å². The fourth-order valence-electron chi connectivity index (χ4n) is 2.09. The zero-order chi connectivity index (χ0) is 15.6. The van der Waals surface area contributed by atoms with Crippen molar-refractivity contribution in [1.82, 2.24) is 0 Å². The Labute approximate surface area is 129 Å². The summed E-state index contributed by atoms with van der Waals surface area (Å²) in [4.78, 5) is 0. The summed E-state index contributed by atoms with van der Waals surface area (Å²) in [7, 11) is 2.95. The molecule has 2 N–H and O–H groups in total. The van der Waals surface area contributed by atoms with Crippen LogP contribution in [0.5, 0.6) is 11.5 Å². The maximum Gasteiger partial charge on any atom is 0.133 e. The third-order valence-corrected chi connectivity index (χ3v) is 3.77. The Kier molecular flexibility index (Phi) is 4.80. The van der Waals surface area contributed by atoms with Gasteiger partial charge in [0.25, 0.3) is 0 Å². The van der Waals surface area contributed by atoms with Crippen LogP contribution in [0.3, 0.4) is 0 Å². The third-order valence-electron chi connectivity index (χ3n) is 3.15. The normalized spacial score (nSPS) is 12.1. The van der Waals surface area contributed by atoms with Crippen molar-refractivity contribution in [3.63, 3.8) is 0 Å². The van der Waals surface area contributed by atoms with Crippen molar-refractivity contribution < 1.29 is 18.3 Å². The summed E-state index contributed by atoms with van der Waals surface area (Å²) in [6.45, 7) is 0. The highest BCUT2D eigenvalue weighted by molar-refractivity contribution is 9.10. The molecule has 0 heterocycles. The summed E-state index contributed by atoms with van der Waals surface area (Å²) in [5.74, 6) is -0.492. The Morgan fingerprint density at radius 3 is 2.14 bits per heavy atom. The second-order valence-electron chi connectivity index (χ2n) is 4.34. The van der Waals surface area contributed by atoms with E-state index in [0.29, 0.717) is 21.5 Å². The van der Waals surface area contributed by atoms with Gasteiger partial charge in [0.1, 0.15) is 23.1 Å². The third kappa shape index (κ3) is 3.01. The molecule has 0 aliphatic rings. The molecule has 1 atom stereocenters. The van der Waals surface area contributed by atoms with Crippen LogP contribution in [0.15, 0.2) is 34.8 Å². The van der Waals surface area contributed by atoms with Crippen molar-refractivity contribution >= 4 is 15.9 Å². The van der Waals surface area contributed by atoms with Gasteiger partial charge in [-0.2, -0.15) is 0 Å². The van der Waals surface area contributed by atoms with E-state index in [1.54, 1.807) is 12.1 Å². The maximum absolute atomic E-state index is 13.9. The zero-order valence-corrected chi connectivity index (χ0v) is 13.1. The molecule has 2 rings (SSSR count). The molecule has 3 nitrogen and oxygen atoms in total. The first-order valence-corrected chi connectivity index (χ1v) is 6.89. The average Bonchev–Trinajstić information content (AvgIpc) is 2.46. The molecule has 0 aliphatic heterocycles. The zero-order valence-electron chi connectivity index (χ0n) is 11.5. The van der Waals surface area contributed by atoms with Crippen LogP contribution in [0.2, 0.25) is 0 Å². The monoisotopic (exact) mass is 357 g/mol. The molecule has 112 valence electrons. The predicted octanol–water partition coefficient (Wildman–Crippen LogP) is 3.79. The molecular weight excluding hydrogens is 344 g/mol. The summed E-state index contributed by atoms with van der Waals surface area (Å²) < 4.78 is 38.8. The van der Waals surface area contributed by atoms with Crippen LogP contribution in [0.25, 0.3) is 0 Å². The highest BCUT2D eigenvalue weighted by Gasteiger charge is 2.22. The number of rotatable bonds is 4. The molecule has 0 saturated carbocycles. The SMILES string of the molecule is COc1cc(C(N)c2c(F)cccc2F)c(OC)cc1Br. The van der Waals surface area contributed by atoms with E-state index >= 15 is 0 Å². The highest BCUT2D eigenvalue weighted by atomic mass is 79.9. The van der Waals surface area contributed by atoms with E-state index in [2.05, 4.69) is 15.9 Å². The van der Waals surface area contributed by atoms with E-state index in [1.807, 2.05) is 0 Å². The number of hydrogen-bond acceptors (Lipinski definition) is 3. The number of hydrogen-bond donors (Lipinski definition) is 1. The van der Waals surface area contributed by atoms with Gasteiger partial charge in [-0.15, -0.1) is 0 Å². The summed E-state index contributed by atoms with van der Waals surface area (Å²) in [5.41, 5.74) is 6.26. The van der Waals surface area contributed by atoms with Crippen molar-refractivity contribution in [3.05, 3.63) is 57.6 Å². The lowest BCUT2D eigenvalue weighted by Crippen LogP contribution is -2.16. The second-order valence-corrected chi connectivity index (χ2v) is 5.20. The molecule has 21 heavy (non-hydrogen) atoms. The Morgan fingerprint density at radius 2 is 1.62 bits per heavy atom. The minimum Gasteiger partial charge on any atom is -0.496 e. The van der Waals surface area contributed by atoms with Gasteiger partial charge in [0, 0.05) is 11.1 Å². The number of nitrogens with two attached hydrogens (primary N) is 1. The minimum absolute atomic E-state index is 0.208. The summed E-state index contributed by atoms with van der Waals surface area (Å²) in [6, 6.07) is 5.86. The first-order chi connectivity index (χ1) is 9.99. The molecule has 2 aromatic carbocycles. The van der Waals surface area contributed by atoms with E-state index in [9.17, 15) is 8.78 Å². The molecule has 2 aromatic rings. The Bertz CT molecular complexity index is 644. The molecule has 6 heteroatoms. The van der Waals surface area contributed by atoms with Crippen molar-refractivity contribution in [1.29, 1.82) is 0 Å². The van der Waals surface area contributed by atoms with Gasteiger partial charge in [-0.05, 0) is 40.2 Å². The molecule has 0 radical (unpaired) electrons. The van der Waals surface area contributed by atoms with E-state index in [-0.39, 0.29) is 5.56 Å². The maximum atomic E-state index is 13.9. The number of benzene rings is 2. The lowest BCUT2D eigenvalue weighted by molar-refractivity contribution is 0.394. The van der Waals surface area contributed by atoms with Crippen LogP contribution >= 0.6 is 15.9 Å². The number of methoxy groups -OCH3 is 2. The van der Waals surface area contributed by atoms with Crippen molar-refractivity contribution in [2.45, 2.75) is 6.04 Å². The topological polar surface area (TPSA) is 44.5 Å². The van der Waals surface area contributed by atoms with E-state index < -0.39 is 17.7 Å². The average molecular weight is 358 g/mol. The van der Waals surface area contributed by atoms with Gasteiger partial charge in [0.05, 0.1) is 24.7 Å². The fourth-order valence-corrected chi connectivity index (χ4v) is 2.57. The highest BCUT2D eigenvalue weighted by Crippen LogP contribution is 2.38.